The number of aromatic amines is 1. The van der Waals surface area contributed by atoms with Crippen LogP contribution in [0.15, 0.2) is 26.9 Å². The Morgan fingerprint density at radius 3 is 2.93 bits per heavy atom. The Kier molecular flexibility index (Phi) is 2.52. The normalized spacial score (nSPS) is 10.4. The van der Waals surface area contributed by atoms with Gasteiger partial charge in [0.05, 0.1) is 0 Å². The standard InChI is InChI=1S/C9H7BrN2OS/c1-5-6(2-3-14-5)8-11-4-7(10)9(13)12-8/h2-4H,1H3,(H,11,12,13). The molecule has 0 aliphatic rings. The van der Waals surface area contributed by atoms with E-state index in [1.165, 1.54) is 6.20 Å². The van der Waals surface area contributed by atoms with E-state index in [0.29, 0.717) is 10.3 Å². The lowest BCUT2D eigenvalue weighted by atomic mass is 10.2. The number of nitrogens with one attached hydrogen (secondary N) is 1. The SMILES string of the molecule is Cc1sccc1-c1ncc(Br)c(=O)[nH]1. The fraction of sp³-hybridized carbons (Fsp3) is 0.111. The fourth-order valence-electron chi connectivity index (χ4n) is 1.15. The van der Waals surface area contributed by atoms with Gasteiger partial charge in [0, 0.05) is 16.6 Å². The summed E-state index contributed by atoms with van der Waals surface area (Å²) in [6, 6.07) is 1.95. The Morgan fingerprint density at radius 2 is 2.36 bits per heavy atom. The molecule has 3 nitrogen and oxygen atoms in total. The minimum absolute atomic E-state index is 0.152. The summed E-state index contributed by atoms with van der Waals surface area (Å²) >= 11 is 4.74. The summed E-state index contributed by atoms with van der Waals surface area (Å²) in [5.74, 6) is 0.622. The summed E-state index contributed by atoms with van der Waals surface area (Å²) in [5, 5.41) is 1.98. The van der Waals surface area contributed by atoms with Crippen molar-refractivity contribution in [1.82, 2.24) is 9.97 Å². The molecule has 0 aromatic carbocycles. The highest BCUT2D eigenvalue weighted by molar-refractivity contribution is 9.10. The van der Waals surface area contributed by atoms with E-state index in [-0.39, 0.29) is 5.56 Å². The molecule has 14 heavy (non-hydrogen) atoms. The zero-order chi connectivity index (χ0) is 10.1. The molecule has 0 saturated carbocycles. The third-order valence-electron chi connectivity index (χ3n) is 1.87. The summed E-state index contributed by atoms with van der Waals surface area (Å²) < 4.78 is 0.453. The summed E-state index contributed by atoms with van der Waals surface area (Å²) in [6.07, 6.45) is 1.52. The highest BCUT2D eigenvalue weighted by Crippen LogP contribution is 2.23. The Labute approximate surface area is 93.0 Å². The number of hydrogen-bond donors (Lipinski definition) is 1. The van der Waals surface area contributed by atoms with E-state index in [9.17, 15) is 4.79 Å². The van der Waals surface area contributed by atoms with Crippen molar-refractivity contribution in [3.05, 3.63) is 37.3 Å². The molecule has 0 aliphatic heterocycles. The van der Waals surface area contributed by atoms with Crippen molar-refractivity contribution in [3.8, 4) is 11.4 Å². The molecular weight excluding hydrogens is 264 g/mol. The van der Waals surface area contributed by atoms with E-state index in [0.717, 1.165) is 10.4 Å². The van der Waals surface area contributed by atoms with Gasteiger partial charge in [-0.2, -0.15) is 0 Å². The van der Waals surface area contributed by atoms with E-state index in [2.05, 4.69) is 25.9 Å². The Bertz CT molecular complexity index is 518. The van der Waals surface area contributed by atoms with E-state index < -0.39 is 0 Å². The van der Waals surface area contributed by atoms with E-state index >= 15 is 0 Å². The van der Waals surface area contributed by atoms with Crippen molar-refractivity contribution >= 4 is 27.3 Å². The van der Waals surface area contributed by atoms with E-state index in [4.69, 9.17) is 0 Å². The second-order valence-corrected chi connectivity index (χ2v) is 4.77. The predicted octanol–water partition coefficient (Wildman–Crippen LogP) is 2.57. The van der Waals surface area contributed by atoms with Crippen LogP contribution in [-0.4, -0.2) is 9.97 Å². The van der Waals surface area contributed by atoms with Crippen molar-refractivity contribution in [1.29, 1.82) is 0 Å². The molecule has 0 radical (unpaired) electrons. The fourth-order valence-corrected chi connectivity index (χ4v) is 2.05. The number of H-pyrrole nitrogens is 1. The molecule has 1 N–H and O–H groups in total. The van der Waals surface area contributed by atoms with Crippen LogP contribution in [0, 0.1) is 6.92 Å². The number of rotatable bonds is 1. The molecule has 2 aromatic rings. The number of halogens is 1. The van der Waals surface area contributed by atoms with Crippen LogP contribution in [0.25, 0.3) is 11.4 Å². The molecule has 0 bridgehead atoms. The number of aromatic nitrogens is 2. The lowest BCUT2D eigenvalue weighted by Crippen LogP contribution is -2.08. The first-order valence-corrected chi connectivity index (χ1v) is 5.65. The first-order chi connectivity index (χ1) is 6.68. The van der Waals surface area contributed by atoms with Crippen molar-refractivity contribution in [2.24, 2.45) is 0 Å². The lowest BCUT2D eigenvalue weighted by Gasteiger charge is -1.98. The molecule has 0 fully saturated rings. The molecule has 0 atom stereocenters. The van der Waals surface area contributed by atoms with Gasteiger partial charge in [-0.25, -0.2) is 4.98 Å². The molecular formula is C9H7BrN2OS. The zero-order valence-electron chi connectivity index (χ0n) is 7.37. The van der Waals surface area contributed by atoms with Crippen molar-refractivity contribution in [2.45, 2.75) is 6.92 Å². The maximum absolute atomic E-state index is 11.3. The molecule has 0 spiro atoms. The first kappa shape index (κ1) is 9.61. The summed E-state index contributed by atoms with van der Waals surface area (Å²) in [4.78, 5) is 19.3. The molecule has 0 amide bonds. The average molecular weight is 271 g/mol. The molecule has 0 saturated heterocycles. The minimum Gasteiger partial charge on any atom is -0.306 e. The van der Waals surface area contributed by atoms with Crippen LogP contribution < -0.4 is 5.56 Å². The lowest BCUT2D eigenvalue weighted by molar-refractivity contribution is 1.11. The van der Waals surface area contributed by atoms with E-state index in [1.54, 1.807) is 11.3 Å². The third kappa shape index (κ3) is 1.65. The van der Waals surface area contributed by atoms with Crippen LogP contribution in [0.1, 0.15) is 4.88 Å². The highest BCUT2D eigenvalue weighted by atomic mass is 79.9. The number of hydrogen-bond acceptors (Lipinski definition) is 3. The van der Waals surface area contributed by atoms with Crippen LogP contribution in [0.5, 0.6) is 0 Å². The maximum Gasteiger partial charge on any atom is 0.265 e. The van der Waals surface area contributed by atoms with Crippen molar-refractivity contribution < 1.29 is 0 Å². The molecule has 5 heteroatoms. The quantitative estimate of drug-likeness (QED) is 0.866. The first-order valence-electron chi connectivity index (χ1n) is 3.98. The van der Waals surface area contributed by atoms with Crippen LogP contribution in [0.4, 0.5) is 0 Å². The smallest absolute Gasteiger partial charge is 0.265 e. The van der Waals surface area contributed by atoms with Gasteiger partial charge in [0.15, 0.2) is 0 Å². The van der Waals surface area contributed by atoms with Crippen LogP contribution >= 0.6 is 27.3 Å². The summed E-state index contributed by atoms with van der Waals surface area (Å²) in [6.45, 7) is 2.00. The number of thiophene rings is 1. The topological polar surface area (TPSA) is 45.8 Å². The average Bonchev–Trinajstić information content (AvgIpc) is 2.57. The van der Waals surface area contributed by atoms with Crippen molar-refractivity contribution in [3.63, 3.8) is 0 Å². The molecule has 0 unspecified atom stereocenters. The van der Waals surface area contributed by atoms with Gasteiger partial charge in [0.2, 0.25) is 0 Å². The molecule has 0 aliphatic carbocycles. The zero-order valence-corrected chi connectivity index (χ0v) is 9.78. The van der Waals surface area contributed by atoms with Gasteiger partial charge >= 0.3 is 0 Å². The van der Waals surface area contributed by atoms with Gasteiger partial charge in [0.25, 0.3) is 5.56 Å². The summed E-state index contributed by atoms with van der Waals surface area (Å²) in [5.41, 5.74) is 0.834. The van der Waals surface area contributed by atoms with Crippen molar-refractivity contribution in [2.75, 3.05) is 0 Å². The van der Waals surface area contributed by atoms with Gasteiger partial charge in [-0.15, -0.1) is 11.3 Å². The molecule has 2 aromatic heterocycles. The molecule has 72 valence electrons. The number of aryl methyl sites for hydroxylation is 1. The van der Waals surface area contributed by atoms with E-state index in [1.807, 2.05) is 18.4 Å². The van der Waals surface area contributed by atoms with Crippen LogP contribution in [0.2, 0.25) is 0 Å². The second kappa shape index (κ2) is 3.67. The van der Waals surface area contributed by atoms with Gasteiger partial charge < -0.3 is 4.98 Å². The summed E-state index contributed by atoms with van der Waals surface area (Å²) in [7, 11) is 0. The predicted molar refractivity (Wildman–Crippen MR) is 60.6 cm³/mol. The monoisotopic (exact) mass is 270 g/mol. The van der Waals surface area contributed by atoms with Gasteiger partial charge in [-0.3, -0.25) is 4.79 Å². The molecule has 2 rings (SSSR count). The second-order valence-electron chi connectivity index (χ2n) is 2.80. The van der Waals surface area contributed by atoms with Gasteiger partial charge in [-0.05, 0) is 34.3 Å². The van der Waals surface area contributed by atoms with Crippen LogP contribution in [-0.2, 0) is 0 Å². The number of nitrogens with zero attached hydrogens (tertiary/aromatic N) is 1. The van der Waals surface area contributed by atoms with Crippen LogP contribution in [0.3, 0.4) is 0 Å². The highest BCUT2D eigenvalue weighted by Gasteiger charge is 2.06. The largest absolute Gasteiger partial charge is 0.306 e. The maximum atomic E-state index is 11.3. The van der Waals surface area contributed by atoms with Gasteiger partial charge in [0.1, 0.15) is 10.3 Å². The van der Waals surface area contributed by atoms with Gasteiger partial charge in [-0.1, -0.05) is 0 Å². The third-order valence-corrected chi connectivity index (χ3v) is 3.28. The Morgan fingerprint density at radius 1 is 1.57 bits per heavy atom. The Hall–Kier alpha value is -0.940. The minimum atomic E-state index is -0.152. The molecule has 2 heterocycles. The Balaban J connectivity index is 2.59.